The zero-order valence-corrected chi connectivity index (χ0v) is 12.0. The summed E-state index contributed by atoms with van der Waals surface area (Å²) in [5, 5.41) is 7.46. The SMILES string of the molecule is Cc1ccc(C)c(S(=O)(=O)Nc2ccc(Cl)nn2)c1. The molecule has 7 heteroatoms. The zero-order chi connectivity index (χ0) is 14.0. The third-order valence-electron chi connectivity index (χ3n) is 2.50. The van der Waals surface area contributed by atoms with Crippen LogP contribution in [-0.4, -0.2) is 18.6 Å². The molecule has 0 saturated carbocycles. The second-order valence-corrected chi connectivity index (χ2v) is 6.15. The average molecular weight is 298 g/mol. The molecular weight excluding hydrogens is 286 g/mol. The summed E-state index contributed by atoms with van der Waals surface area (Å²) in [5.74, 6) is 0.130. The smallest absolute Gasteiger partial charge is 0.262 e. The Hall–Kier alpha value is -1.66. The third kappa shape index (κ3) is 3.21. The van der Waals surface area contributed by atoms with Gasteiger partial charge in [-0.25, -0.2) is 8.42 Å². The first-order valence-electron chi connectivity index (χ1n) is 5.48. The Morgan fingerprint density at radius 3 is 2.47 bits per heavy atom. The Morgan fingerprint density at radius 2 is 1.84 bits per heavy atom. The van der Waals surface area contributed by atoms with Gasteiger partial charge in [0.1, 0.15) is 0 Å². The topological polar surface area (TPSA) is 72.0 Å². The van der Waals surface area contributed by atoms with Crippen LogP contribution in [0.2, 0.25) is 5.15 Å². The van der Waals surface area contributed by atoms with E-state index in [2.05, 4.69) is 14.9 Å². The van der Waals surface area contributed by atoms with E-state index in [1.807, 2.05) is 13.0 Å². The van der Waals surface area contributed by atoms with Gasteiger partial charge in [-0.1, -0.05) is 23.7 Å². The molecule has 2 rings (SSSR count). The highest BCUT2D eigenvalue weighted by Crippen LogP contribution is 2.19. The monoisotopic (exact) mass is 297 g/mol. The summed E-state index contributed by atoms with van der Waals surface area (Å²) in [4.78, 5) is 0.226. The highest BCUT2D eigenvalue weighted by Gasteiger charge is 2.17. The molecule has 0 aliphatic heterocycles. The van der Waals surface area contributed by atoms with Crippen LogP contribution in [0.1, 0.15) is 11.1 Å². The van der Waals surface area contributed by atoms with Crippen molar-refractivity contribution in [3.63, 3.8) is 0 Å². The largest absolute Gasteiger partial charge is 0.263 e. The van der Waals surface area contributed by atoms with Crippen molar-refractivity contribution in [1.29, 1.82) is 0 Å². The molecule has 0 unspecified atom stereocenters. The minimum absolute atomic E-state index is 0.130. The van der Waals surface area contributed by atoms with Crippen molar-refractivity contribution >= 4 is 27.4 Å². The second-order valence-electron chi connectivity index (χ2n) is 4.12. The van der Waals surface area contributed by atoms with Gasteiger partial charge in [0.05, 0.1) is 4.90 Å². The van der Waals surface area contributed by atoms with Crippen LogP contribution in [0.3, 0.4) is 0 Å². The molecular formula is C12H12ClN3O2S. The fraction of sp³-hybridized carbons (Fsp3) is 0.167. The molecule has 1 aromatic carbocycles. The van der Waals surface area contributed by atoms with Gasteiger partial charge in [-0.15, -0.1) is 10.2 Å². The van der Waals surface area contributed by atoms with Crippen LogP contribution in [0.4, 0.5) is 5.82 Å². The summed E-state index contributed by atoms with van der Waals surface area (Å²) in [7, 11) is -3.67. The van der Waals surface area contributed by atoms with Crippen LogP contribution in [0.15, 0.2) is 35.2 Å². The van der Waals surface area contributed by atoms with Crippen molar-refractivity contribution in [2.45, 2.75) is 18.7 Å². The molecule has 1 aromatic heterocycles. The van der Waals surface area contributed by atoms with Crippen LogP contribution in [-0.2, 0) is 10.0 Å². The maximum atomic E-state index is 12.2. The number of hydrogen-bond acceptors (Lipinski definition) is 4. The number of rotatable bonds is 3. The number of benzene rings is 1. The number of anilines is 1. The second kappa shape index (κ2) is 5.14. The van der Waals surface area contributed by atoms with E-state index in [4.69, 9.17) is 11.6 Å². The first-order valence-corrected chi connectivity index (χ1v) is 7.34. The first kappa shape index (κ1) is 13.8. The predicted molar refractivity (Wildman–Crippen MR) is 73.8 cm³/mol. The lowest BCUT2D eigenvalue weighted by Gasteiger charge is -2.10. The molecule has 0 radical (unpaired) electrons. The number of halogens is 1. The van der Waals surface area contributed by atoms with E-state index in [9.17, 15) is 8.42 Å². The van der Waals surface area contributed by atoms with Gasteiger partial charge in [0, 0.05) is 0 Å². The predicted octanol–water partition coefficient (Wildman–Crippen LogP) is 2.55. The van der Waals surface area contributed by atoms with Crippen molar-refractivity contribution in [2.24, 2.45) is 0 Å². The molecule has 0 aliphatic carbocycles. The number of nitrogens with zero attached hydrogens (tertiary/aromatic N) is 2. The molecule has 0 atom stereocenters. The van der Waals surface area contributed by atoms with Crippen LogP contribution < -0.4 is 4.72 Å². The molecule has 0 spiro atoms. The summed E-state index contributed by atoms with van der Waals surface area (Å²) in [6, 6.07) is 8.16. The quantitative estimate of drug-likeness (QED) is 0.945. The number of aryl methyl sites for hydroxylation is 2. The molecule has 19 heavy (non-hydrogen) atoms. The van der Waals surface area contributed by atoms with Crippen molar-refractivity contribution in [2.75, 3.05) is 4.72 Å². The van der Waals surface area contributed by atoms with E-state index >= 15 is 0 Å². The molecule has 2 aromatic rings. The van der Waals surface area contributed by atoms with Gasteiger partial charge in [0.15, 0.2) is 11.0 Å². The Morgan fingerprint density at radius 1 is 1.11 bits per heavy atom. The highest BCUT2D eigenvalue weighted by molar-refractivity contribution is 7.92. The molecule has 0 amide bonds. The van der Waals surface area contributed by atoms with Crippen molar-refractivity contribution in [3.8, 4) is 0 Å². The van der Waals surface area contributed by atoms with Crippen LogP contribution in [0.25, 0.3) is 0 Å². The molecule has 0 saturated heterocycles. The van der Waals surface area contributed by atoms with Gasteiger partial charge in [-0.05, 0) is 43.2 Å². The molecule has 5 nitrogen and oxygen atoms in total. The van der Waals surface area contributed by atoms with Gasteiger partial charge < -0.3 is 0 Å². The molecule has 0 bridgehead atoms. The van der Waals surface area contributed by atoms with E-state index in [1.165, 1.54) is 12.1 Å². The van der Waals surface area contributed by atoms with Gasteiger partial charge in [0.2, 0.25) is 0 Å². The third-order valence-corrected chi connectivity index (χ3v) is 4.20. The van der Waals surface area contributed by atoms with Gasteiger partial charge in [0.25, 0.3) is 10.0 Å². The number of sulfonamides is 1. The zero-order valence-electron chi connectivity index (χ0n) is 10.4. The lowest BCUT2D eigenvalue weighted by atomic mass is 10.2. The van der Waals surface area contributed by atoms with E-state index in [0.717, 1.165) is 5.56 Å². The Kier molecular flexibility index (Phi) is 3.73. The van der Waals surface area contributed by atoms with Gasteiger partial charge in [-0.2, -0.15) is 0 Å². The minimum Gasteiger partial charge on any atom is -0.262 e. The maximum Gasteiger partial charge on any atom is 0.263 e. The number of hydrogen-bond donors (Lipinski definition) is 1. The summed E-state index contributed by atoms with van der Waals surface area (Å²) < 4.78 is 26.9. The lowest BCUT2D eigenvalue weighted by molar-refractivity contribution is 0.600. The average Bonchev–Trinajstić information content (AvgIpc) is 2.35. The van der Waals surface area contributed by atoms with E-state index in [-0.39, 0.29) is 15.9 Å². The van der Waals surface area contributed by atoms with Gasteiger partial charge >= 0.3 is 0 Å². The number of nitrogens with one attached hydrogen (secondary N) is 1. The van der Waals surface area contributed by atoms with Crippen molar-refractivity contribution in [3.05, 3.63) is 46.6 Å². The Labute approximate surface area is 116 Å². The van der Waals surface area contributed by atoms with E-state index < -0.39 is 10.0 Å². The van der Waals surface area contributed by atoms with Crippen LogP contribution in [0.5, 0.6) is 0 Å². The Balaban J connectivity index is 2.37. The summed E-state index contributed by atoms with van der Waals surface area (Å²) in [6.07, 6.45) is 0. The molecule has 100 valence electrons. The normalized spacial score (nSPS) is 11.3. The van der Waals surface area contributed by atoms with Crippen LogP contribution in [0, 0.1) is 13.8 Å². The Bertz CT molecular complexity index is 699. The van der Waals surface area contributed by atoms with Crippen molar-refractivity contribution < 1.29 is 8.42 Å². The molecule has 1 N–H and O–H groups in total. The van der Waals surface area contributed by atoms with Gasteiger partial charge in [-0.3, -0.25) is 4.72 Å². The summed E-state index contributed by atoms with van der Waals surface area (Å²) >= 11 is 5.60. The molecule has 1 heterocycles. The van der Waals surface area contributed by atoms with E-state index in [0.29, 0.717) is 5.56 Å². The fourth-order valence-corrected chi connectivity index (χ4v) is 2.99. The fourth-order valence-electron chi connectivity index (χ4n) is 1.56. The summed E-state index contributed by atoms with van der Waals surface area (Å²) in [6.45, 7) is 3.57. The standard InChI is InChI=1S/C12H12ClN3O2S/c1-8-3-4-9(2)10(7-8)19(17,18)16-12-6-5-11(13)14-15-12/h3-7H,1-2H3,(H,15,16). The molecule has 0 aliphatic rings. The minimum atomic E-state index is -3.67. The van der Waals surface area contributed by atoms with Crippen molar-refractivity contribution in [1.82, 2.24) is 10.2 Å². The number of aromatic nitrogens is 2. The highest BCUT2D eigenvalue weighted by atomic mass is 35.5. The first-order chi connectivity index (χ1) is 8.88. The van der Waals surface area contributed by atoms with E-state index in [1.54, 1.807) is 19.1 Å². The van der Waals surface area contributed by atoms with Crippen LogP contribution >= 0.6 is 11.6 Å². The summed E-state index contributed by atoms with van der Waals surface area (Å²) in [5.41, 5.74) is 1.54. The lowest BCUT2D eigenvalue weighted by Crippen LogP contribution is -2.15. The molecule has 0 fully saturated rings. The maximum absolute atomic E-state index is 12.2.